The first-order valence-electron chi connectivity index (χ1n) is 16.9. The van der Waals surface area contributed by atoms with Crippen LogP contribution in [0.2, 0.25) is 0 Å². The zero-order valence-electron chi connectivity index (χ0n) is 27.3. The van der Waals surface area contributed by atoms with Crippen LogP contribution >= 0.6 is 0 Å². The lowest BCUT2D eigenvalue weighted by Crippen LogP contribution is -2.70. The highest BCUT2D eigenvalue weighted by molar-refractivity contribution is 5.88. The van der Waals surface area contributed by atoms with Gasteiger partial charge in [0, 0.05) is 18.8 Å². The SMILES string of the molecule is CC1(C)CC[C@]2(C(=O)On3nnc4ccccc43)CC[C@]3(C)C(C(=O)C[C@@H]4[C@@]5(C)CCC(=O)[C@@](C)(CO)[C@@H]5CC[C@]43C)[C@@H]2C1. The molecule has 7 rings (SSSR count). The van der Waals surface area contributed by atoms with E-state index < -0.39 is 10.8 Å². The number of aromatic nitrogens is 3. The lowest BCUT2D eigenvalue weighted by Gasteiger charge is -2.72. The second-order valence-electron chi connectivity index (χ2n) is 17.1. The van der Waals surface area contributed by atoms with Gasteiger partial charge in [-0.05, 0) is 108 Å². The molecule has 1 aromatic carbocycles. The van der Waals surface area contributed by atoms with E-state index in [0.29, 0.717) is 36.7 Å². The van der Waals surface area contributed by atoms with Crippen LogP contribution in [-0.2, 0) is 14.4 Å². The van der Waals surface area contributed by atoms with E-state index in [1.165, 1.54) is 4.85 Å². The lowest BCUT2D eigenvalue weighted by atomic mass is 9.31. The average Bonchev–Trinajstić information content (AvgIpc) is 3.38. The summed E-state index contributed by atoms with van der Waals surface area (Å²) in [5, 5.41) is 18.8. The van der Waals surface area contributed by atoms with Gasteiger partial charge in [-0.2, -0.15) is 0 Å². The summed E-state index contributed by atoms with van der Waals surface area (Å²) in [5.74, 6) is 0.0320. The predicted molar refractivity (Wildman–Crippen MR) is 165 cm³/mol. The molecule has 8 heteroatoms. The van der Waals surface area contributed by atoms with Crippen LogP contribution < -0.4 is 4.84 Å². The maximum atomic E-state index is 14.8. The Morgan fingerprint density at radius 2 is 1.68 bits per heavy atom. The third-order valence-corrected chi connectivity index (χ3v) is 14.8. The standard InChI is InChI=1S/C36H49N3O5/c1-31(2)15-17-36(30(43)44-39-24-10-8-7-9-23(24)37-38-39)18-16-35(6)29(22(36)20-31)25(41)19-27-32(3)13-12-28(42)33(4,21-40)26(32)11-14-34(27,35)5/h7-10,22,26-27,29,40H,11-21H2,1-6H3/t22-,26+,27+,29?,32-,33-,34+,35+,36-/m0/s1. The van der Waals surface area contributed by atoms with E-state index in [2.05, 4.69) is 44.9 Å². The molecule has 1 N–H and O–H groups in total. The molecule has 8 nitrogen and oxygen atoms in total. The van der Waals surface area contributed by atoms with Crippen LogP contribution in [0.4, 0.5) is 0 Å². The number of aliphatic hydroxyl groups is 1. The number of aliphatic hydroxyl groups excluding tert-OH is 1. The number of rotatable bonds is 3. The zero-order valence-corrected chi connectivity index (χ0v) is 27.3. The largest absolute Gasteiger partial charge is 0.395 e. The van der Waals surface area contributed by atoms with Crippen molar-refractivity contribution >= 4 is 28.6 Å². The summed E-state index contributed by atoms with van der Waals surface area (Å²) in [6, 6.07) is 7.46. The molecule has 238 valence electrons. The van der Waals surface area contributed by atoms with E-state index in [1.807, 2.05) is 31.2 Å². The maximum Gasteiger partial charge on any atom is 0.341 e. The van der Waals surface area contributed by atoms with Gasteiger partial charge in [0.15, 0.2) is 0 Å². The van der Waals surface area contributed by atoms with Crippen molar-refractivity contribution in [1.82, 2.24) is 15.2 Å². The fraction of sp³-hybridized carbons (Fsp3) is 0.750. The van der Waals surface area contributed by atoms with Gasteiger partial charge < -0.3 is 9.94 Å². The molecule has 9 atom stereocenters. The number of fused-ring (bicyclic) bond motifs is 8. The normalized spacial score (nSPS) is 44.7. The Kier molecular flexibility index (Phi) is 6.46. The van der Waals surface area contributed by atoms with Gasteiger partial charge in [0.05, 0.1) is 17.4 Å². The molecule has 2 aromatic rings. The van der Waals surface area contributed by atoms with Gasteiger partial charge in [0.2, 0.25) is 0 Å². The van der Waals surface area contributed by atoms with Gasteiger partial charge in [0.1, 0.15) is 22.6 Å². The fourth-order valence-electron chi connectivity index (χ4n) is 12.0. The Morgan fingerprint density at radius 3 is 2.43 bits per heavy atom. The lowest BCUT2D eigenvalue weighted by molar-refractivity contribution is -0.239. The van der Waals surface area contributed by atoms with Gasteiger partial charge in [0.25, 0.3) is 0 Å². The number of carbonyl (C=O) groups excluding carboxylic acids is 3. The Bertz CT molecular complexity index is 1550. The summed E-state index contributed by atoms with van der Waals surface area (Å²) < 4.78 is 0. The Labute approximate surface area is 260 Å². The molecular weight excluding hydrogens is 554 g/mol. The quantitative estimate of drug-likeness (QED) is 0.429. The third kappa shape index (κ3) is 3.75. The van der Waals surface area contributed by atoms with Gasteiger partial charge in [-0.1, -0.05) is 58.5 Å². The first-order valence-corrected chi connectivity index (χ1v) is 16.9. The molecule has 1 unspecified atom stereocenters. The summed E-state index contributed by atoms with van der Waals surface area (Å²) in [7, 11) is 0. The summed E-state index contributed by atoms with van der Waals surface area (Å²) in [6.07, 6.45) is 7.43. The van der Waals surface area contributed by atoms with E-state index in [0.717, 1.165) is 38.5 Å². The van der Waals surface area contributed by atoms with Crippen molar-refractivity contribution < 1.29 is 24.3 Å². The second-order valence-corrected chi connectivity index (χ2v) is 17.1. The highest BCUT2D eigenvalue weighted by atomic mass is 16.7. The topological polar surface area (TPSA) is 111 Å². The fourth-order valence-corrected chi connectivity index (χ4v) is 12.0. The molecule has 44 heavy (non-hydrogen) atoms. The highest BCUT2D eigenvalue weighted by Crippen LogP contribution is 2.76. The van der Waals surface area contributed by atoms with Gasteiger partial charge in [-0.25, -0.2) is 4.79 Å². The summed E-state index contributed by atoms with van der Waals surface area (Å²) >= 11 is 0. The van der Waals surface area contributed by atoms with Crippen molar-refractivity contribution in [2.24, 2.45) is 56.2 Å². The van der Waals surface area contributed by atoms with Crippen LogP contribution in [-0.4, -0.2) is 44.4 Å². The molecule has 5 saturated carbocycles. The zero-order chi connectivity index (χ0) is 31.5. The molecule has 0 radical (unpaired) electrons. The van der Waals surface area contributed by atoms with E-state index in [1.54, 1.807) is 0 Å². The van der Waals surface area contributed by atoms with E-state index in [-0.39, 0.29) is 69.5 Å². The second kappa shape index (κ2) is 9.46. The molecule has 0 bridgehead atoms. The minimum Gasteiger partial charge on any atom is -0.395 e. The van der Waals surface area contributed by atoms with Crippen molar-refractivity contribution in [3.8, 4) is 0 Å². The summed E-state index contributed by atoms with van der Waals surface area (Å²) in [6.45, 7) is 13.5. The van der Waals surface area contributed by atoms with Crippen molar-refractivity contribution in [3.05, 3.63) is 24.3 Å². The van der Waals surface area contributed by atoms with Crippen LogP contribution in [0.1, 0.15) is 106 Å². The van der Waals surface area contributed by atoms with E-state index >= 15 is 0 Å². The van der Waals surface area contributed by atoms with Gasteiger partial charge >= 0.3 is 5.97 Å². The summed E-state index contributed by atoms with van der Waals surface area (Å²) in [5.41, 5.74) is -0.758. The number of nitrogens with zero attached hydrogens (tertiary/aromatic N) is 3. The monoisotopic (exact) mass is 603 g/mol. The third-order valence-electron chi connectivity index (χ3n) is 14.8. The minimum atomic E-state index is -0.751. The Morgan fingerprint density at radius 1 is 0.955 bits per heavy atom. The first kappa shape index (κ1) is 30.1. The van der Waals surface area contributed by atoms with Gasteiger partial charge in [-0.15, -0.1) is 5.10 Å². The van der Waals surface area contributed by atoms with Gasteiger partial charge in [-0.3, -0.25) is 9.59 Å². The molecule has 0 saturated heterocycles. The highest BCUT2D eigenvalue weighted by Gasteiger charge is 2.73. The number of ketones is 2. The van der Waals surface area contributed by atoms with E-state index in [4.69, 9.17) is 4.84 Å². The van der Waals surface area contributed by atoms with Crippen LogP contribution in [0.15, 0.2) is 24.3 Å². The number of benzene rings is 1. The first-order chi connectivity index (χ1) is 20.7. The minimum absolute atomic E-state index is 0.0149. The van der Waals surface area contributed by atoms with Crippen LogP contribution in [0.5, 0.6) is 0 Å². The molecule has 0 spiro atoms. The Hall–Kier alpha value is -2.61. The van der Waals surface area contributed by atoms with Crippen molar-refractivity contribution in [3.63, 3.8) is 0 Å². The molecule has 0 aliphatic heterocycles. The number of hydrogen-bond donors (Lipinski definition) is 1. The van der Waals surface area contributed by atoms with Crippen LogP contribution in [0.3, 0.4) is 0 Å². The van der Waals surface area contributed by atoms with Crippen molar-refractivity contribution in [1.29, 1.82) is 0 Å². The molecule has 5 fully saturated rings. The Balaban J connectivity index is 1.27. The smallest absolute Gasteiger partial charge is 0.341 e. The molecule has 0 amide bonds. The molecule has 1 heterocycles. The number of Topliss-reactive ketones (excluding diaryl/α,β-unsaturated/α-hetero) is 2. The van der Waals surface area contributed by atoms with Crippen molar-refractivity contribution in [2.45, 2.75) is 106 Å². The maximum absolute atomic E-state index is 14.8. The molecular formula is C36H49N3O5. The van der Waals surface area contributed by atoms with Crippen molar-refractivity contribution in [2.75, 3.05) is 6.61 Å². The summed E-state index contributed by atoms with van der Waals surface area (Å²) in [4.78, 5) is 49.7. The number of para-hydroxylation sites is 1. The molecule has 5 aliphatic carbocycles. The predicted octanol–water partition coefficient (Wildman–Crippen LogP) is 5.99. The molecule has 1 aromatic heterocycles. The van der Waals surface area contributed by atoms with Crippen LogP contribution in [0.25, 0.3) is 11.0 Å². The van der Waals surface area contributed by atoms with Crippen LogP contribution in [0, 0.1) is 56.2 Å². The average molecular weight is 604 g/mol. The number of carbonyl (C=O) groups is 3. The molecule has 5 aliphatic rings. The van der Waals surface area contributed by atoms with E-state index in [9.17, 15) is 19.5 Å². The number of hydrogen-bond acceptors (Lipinski definition) is 7.